The van der Waals surface area contributed by atoms with Crippen molar-refractivity contribution in [2.45, 2.75) is 19.6 Å². The molecule has 0 unspecified atom stereocenters. The number of aromatic nitrogens is 1. The van der Waals surface area contributed by atoms with E-state index in [0.29, 0.717) is 16.8 Å². The molecule has 3 aromatic carbocycles. The Morgan fingerprint density at radius 3 is 2.24 bits per heavy atom. The van der Waals surface area contributed by atoms with E-state index in [1.54, 1.807) is 43.5 Å². The summed E-state index contributed by atoms with van der Waals surface area (Å²) in [5.41, 5.74) is 1.45. The molecule has 1 aromatic heterocycles. The summed E-state index contributed by atoms with van der Waals surface area (Å²) < 4.78 is 38.0. The third-order valence-corrected chi connectivity index (χ3v) is 5.69. The second-order valence-corrected chi connectivity index (χ2v) is 8.59. The van der Waals surface area contributed by atoms with Crippen LogP contribution in [0.2, 0.25) is 5.02 Å². The fraction of sp³-hybridized carbons (Fsp3) is 0.148. The smallest absolute Gasteiger partial charge is 0.273 e. The molecule has 2 amide bonds. The van der Waals surface area contributed by atoms with Crippen molar-refractivity contribution in [1.82, 2.24) is 15.4 Å². The standard InChI is InChI=1S/C27H22ClF2N3O4/c1-36-23-8-4-17(5-9-23)14-31-26(34)25-13-24(37-32-25)16-33(15-18-2-6-20(28)7-3-18)27(35)19-10-21(29)12-22(30)11-19/h2-13H,14-16H2,1H3,(H,31,34). The molecule has 0 saturated heterocycles. The van der Waals surface area contributed by atoms with E-state index in [9.17, 15) is 18.4 Å². The zero-order chi connectivity index (χ0) is 26.4. The van der Waals surface area contributed by atoms with Crippen molar-refractivity contribution in [1.29, 1.82) is 0 Å². The molecule has 190 valence electrons. The largest absolute Gasteiger partial charge is 0.497 e. The fourth-order valence-electron chi connectivity index (χ4n) is 3.57. The molecule has 0 aliphatic carbocycles. The van der Waals surface area contributed by atoms with Crippen molar-refractivity contribution < 1.29 is 27.6 Å². The van der Waals surface area contributed by atoms with Gasteiger partial charge in [-0.3, -0.25) is 9.59 Å². The summed E-state index contributed by atoms with van der Waals surface area (Å²) in [4.78, 5) is 27.1. The van der Waals surface area contributed by atoms with Gasteiger partial charge in [0.05, 0.1) is 13.7 Å². The van der Waals surface area contributed by atoms with Gasteiger partial charge in [0, 0.05) is 35.8 Å². The minimum atomic E-state index is -0.870. The molecule has 37 heavy (non-hydrogen) atoms. The first kappa shape index (κ1) is 25.8. The molecule has 0 bridgehead atoms. The highest BCUT2D eigenvalue weighted by Crippen LogP contribution is 2.19. The highest BCUT2D eigenvalue weighted by Gasteiger charge is 2.21. The van der Waals surface area contributed by atoms with Crippen LogP contribution in [0.15, 0.2) is 77.3 Å². The average Bonchev–Trinajstić information content (AvgIpc) is 3.36. The minimum Gasteiger partial charge on any atom is -0.497 e. The zero-order valence-electron chi connectivity index (χ0n) is 19.7. The van der Waals surface area contributed by atoms with E-state index in [0.717, 1.165) is 23.3 Å². The number of amides is 2. The molecule has 7 nitrogen and oxygen atoms in total. The third-order valence-electron chi connectivity index (χ3n) is 5.43. The number of rotatable bonds is 9. The van der Waals surface area contributed by atoms with Crippen LogP contribution in [0.4, 0.5) is 8.78 Å². The number of carbonyl (C=O) groups is 2. The van der Waals surface area contributed by atoms with Crippen LogP contribution in [0.1, 0.15) is 37.7 Å². The topological polar surface area (TPSA) is 84.7 Å². The van der Waals surface area contributed by atoms with Crippen LogP contribution >= 0.6 is 11.6 Å². The number of hydrogen-bond acceptors (Lipinski definition) is 5. The molecular formula is C27H22ClF2N3O4. The first-order valence-corrected chi connectivity index (χ1v) is 11.5. The Bertz CT molecular complexity index is 1370. The van der Waals surface area contributed by atoms with Crippen LogP contribution in [-0.2, 0) is 19.6 Å². The maximum Gasteiger partial charge on any atom is 0.273 e. The minimum absolute atomic E-state index is 0.0270. The van der Waals surface area contributed by atoms with Crippen molar-refractivity contribution in [2.75, 3.05) is 7.11 Å². The molecule has 4 aromatic rings. The molecule has 10 heteroatoms. The van der Waals surface area contributed by atoms with Crippen molar-refractivity contribution in [3.63, 3.8) is 0 Å². The third kappa shape index (κ3) is 6.92. The number of hydrogen-bond donors (Lipinski definition) is 1. The second-order valence-electron chi connectivity index (χ2n) is 8.16. The van der Waals surface area contributed by atoms with Crippen LogP contribution in [0.5, 0.6) is 5.75 Å². The van der Waals surface area contributed by atoms with Gasteiger partial charge in [-0.2, -0.15) is 0 Å². The summed E-state index contributed by atoms with van der Waals surface area (Å²) >= 11 is 5.95. The van der Waals surface area contributed by atoms with Gasteiger partial charge in [0.15, 0.2) is 11.5 Å². The summed E-state index contributed by atoms with van der Waals surface area (Å²) in [6.07, 6.45) is 0. The summed E-state index contributed by atoms with van der Waals surface area (Å²) in [7, 11) is 1.57. The molecule has 0 aliphatic heterocycles. The molecule has 0 saturated carbocycles. The molecule has 0 spiro atoms. The Balaban J connectivity index is 1.48. The molecular weight excluding hydrogens is 504 g/mol. The Morgan fingerprint density at radius 1 is 0.946 bits per heavy atom. The Kier molecular flexibility index (Phi) is 8.15. The van der Waals surface area contributed by atoms with E-state index in [2.05, 4.69) is 10.5 Å². The lowest BCUT2D eigenvalue weighted by Crippen LogP contribution is -2.30. The van der Waals surface area contributed by atoms with Gasteiger partial charge in [0.2, 0.25) is 0 Å². The number of carbonyl (C=O) groups excluding carboxylic acids is 2. The Hall–Kier alpha value is -4.24. The van der Waals surface area contributed by atoms with Gasteiger partial charge in [0.25, 0.3) is 11.8 Å². The highest BCUT2D eigenvalue weighted by atomic mass is 35.5. The normalized spacial score (nSPS) is 10.7. The van der Waals surface area contributed by atoms with E-state index in [4.69, 9.17) is 20.9 Å². The first-order valence-electron chi connectivity index (χ1n) is 11.2. The lowest BCUT2D eigenvalue weighted by atomic mass is 10.1. The van der Waals surface area contributed by atoms with Crippen LogP contribution in [-0.4, -0.2) is 29.0 Å². The van der Waals surface area contributed by atoms with Crippen molar-refractivity contribution in [2.24, 2.45) is 0 Å². The molecule has 4 rings (SSSR count). The lowest BCUT2D eigenvalue weighted by Gasteiger charge is -2.22. The summed E-state index contributed by atoms with van der Waals surface area (Å²) in [6.45, 7) is 0.253. The van der Waals surface area contributed by atoms with Gasteiger partial charge in [-0.25, -0.2) is 8.78 Å². The summed E-state index contributed by atoms with van der Waals surface area (Å²) in [5, 5.41) is 7.07. The number of ether oxygens (including phenoxy) is 1. The van der Waals surface area contributed by atoms with Gasteiger partial charge in [0.1, 0.15) is 17.4 Å². The molecule has 0 atom stereocenters. The SMILES string of the molecule is COc1ccc(CNC(=O)c2cc(CN(Cc3ccc(Cl)cc3)C(=O)c3cc(F)cc(F)c3)on2)cc1. The average molecular weight is 526 g/mol. The van der Waals surface area contributed by atoms with Crippen LogP contribution in [0.25, 0.3) is 0 Å². The number of nitrogens with zero attached hydrogens (tertiary/aromatic N) is 2. The molecule has 0 radical (unpaired) electrons. The van der Waals surface area contributed by atoms with Crippen LogP contribution in [0, 0.1) is 11.6 Å². The molecule has 0 aliphatic rings. The Labute approximate surface area is 216 Å². The highest BCUT2D eigenvalue weighted by molar-refractivity contribution is 6.30. The molecule has 1 N–H and O–H groups in total. The quantitative estimate of drug-likeness (QED) is 0.317. The monoisotopic (exact) mass is 525 g/mol. The number of methoxy groups -OCH3 is 1. The Morgan fingerprint density at radius 2 is 1.59 bits per heavy atom. The predicted octanol–water partition coefficient (Wildman–Crippen LogP) is 5.39. The zero-order valence-corrected chi connectivity index (χ0v) is 20.5. The number of halogens is 3. The predicted molar refractivity (Wildman–Crippen MR) is 132 cm³/mol. The number of nitrogens with one attached hydrogen (secondary N) is 1. The van der Waals surface area contributed by atoms with E-state index in [1.165, 1.54) is 11.0 Å². The second kappa shape index (κ2) is 11.7. The summed E-state index contributed by atoms with van der Waals surface area (Å²) in [5.74, 6) is -1.91. The van der Waals surface area contributed by atoms with Crippen molar-refractivity contribution in [3.05, 3.63) is 118 Å². The van der Waals surface area contributed by atoms with Gasteiger partial charge >= 0.3 is 0 Å². The molecule has 0 fully saturated rings. The fourth-order valence-corrected chi connectivity index (χ4v) is 3.69. The maximum absolute atomic E-state index is 13.8. The van der Waals surface area contributed by atoms with Gasteiger partial charge < -0.3 is 19.5 Å². The lowest BCUT2D eigenvalue weighted by molar-refractivity contribution is 0.0712. The van der Waals surface area contributed by atoms with Crippen LogP contribution < -0.4 is 10.1 Å². The van der Waals surface area contributed by atoms with Gasteiger partial charge in [-0.15, -0.1) is 0 Å². The number of benzene rings is 3. The van der Waals surface area contributed by atoms with E-state index < -0.39 is 23.4 Å². The summed E-state index contributed by atoms with van der Waals surface area (Å²) in [6, 6.07) is 18.0. The molecule has 1 heterocycles. The van der Waals surface area contributed by atoms with Crippen molar-refractivity contribution in [3.8, 4) is 5.75 Å². The van der Waals surface area contributed by atoms with Crippen LogP contribution in [0.3, 0.4) is 0 Å². The van der Waals surface area contributed by atoms with Gasteiger partial charge in [-0.05, 0) is 47.5 Å². The van der Waals surface area contributed by atoms with E-state index in [-0.39, 0.29) is 36.7 Å². The van der Waals surface area contributed by atoms with Gasteiger partial charge in [-0.1, -0.05) is 41.0 Å². The maximum atomic E-state index is 13.8. The van der Waals surface area contributed by atoms with E-state index >= 15 is 0 Å². The first-order chi connectivity index (χ1) is 17.8. The van der Waals surface area contributed by atoms with E-state index in [1.807, 2.05) is 12.1 Å². The van der Waals surface area contributed by atoms with Crippen molar-refractivity contribution >= 4 is 23.4 Å².